The van der Waals surface area contributed by atoms with Crippen LogP contribution >= 0.6 is 24.8 Å². The van der Waals surface area contributed by atoms with Gasteiger partial charge in [-0.05, 0) is 71.3 Å². The van der Waals surface area contributed by atoms with E-state index in [1.54, 1.807) is 0 Å². The molecule has 1 aromatic carbocycles. The smallest absolute Gasteiger partial charge is 0.258 e. The van der Waals surface area contributed by atoms with Crippen molar-refractivity contribution in [3.05, 3.63) is 23.8 Å². The Hall–Kier alpha value is -1.21. The predicted octanol–water partition coefficient (Wildman–Crippen LogP) is 3.80. The van der Waals surface area contributed by atoms with Crippen LogP contribution in [0.2, 0.25) is 0 Å². The van der Waals surface area contributed by atoms with Crippen molar-refractivity contribution >= 4 is 30.7 Å². The maximum absolute atomic E-state index is 12.0. The van der Waals surface area contributed by atoms with E-state index in [2.05, 4.69) is 22.5 Å². The summed E-state index contributed by atoms with van der Waals surface area (Å²) >= 11 is 0. The van der Waals surface area contributed by atoms with Crippen LogP contribution in [0.5, 0.6) is 11.5 Å². The van der Waals surface area contributed by atoms with E-state index in [-0.39, 0.29) is 42.9 Å². The molecule has 0 radical (unpaired) electrons. The van der Waals surface area contributed by atoms with Gasteiger partial charge >= 0.3 is 0 Å². The Bertz CT molecular complexity index is 639. The molecule has 2 rings (SSSR count). The number of likely N-dealkylation sites (N-methyl/N-ethyl adjacent to an activating group) is 1. The number of nitrogens with zero attached hydrogens (tertiary/aromatic N) is 1. The number of ether oxygens (including phenoxy) is 2. The average molecular weight is 464 g/mol. The summed E-state index contributed by atoms with van der Waals surface area (Å²) in [6.07, 6.45) is 2.57. The monoisotopic (exact) mass is 463 g/mol. The molecular weight excluding hydrogens is 425 g/mol. The summed E-state index contributed by atoms with van der Waals surface area (Å²) in [6, 6.07) is 6.55. The number of halogens is 2. The van der Waals surface area contributed by atoms with Gasteiger partial charge in [-0.3, -0.25) is 9.69 Å². The Labute approximate surface area is 194 Å². The van der Waals surface area contributed by atoms with Gasteiger partial charge < -0.3 is 20.1 Å². The first kappa shape index (κ1) is 28.8. The van der Waals surface area contributed by atoms with Crippen LogP contribution in [0.3, 0.4) is 0 Å². The molecule has 2 N–H and O–H groups in total. The first-order chi connectivity index (χ1) is 13.3. The van der Waals surface area contributed by atoms with E-state index in [4.69, 9.17) is 9.47 Å². The molecule has 1 amide bonds. The Morgan fingerprint density at radius 2 is 1.90 bits per heavy atom. The molecule has 8 heteroatoms. The lowest BCUT2D eigenvalue weighted by Crippen LogP contribution is -2.43. The third-order valence-corrected chi connectivity index (χ3v) is 4.80. The van der Waals surface area contributed by atoms with Gasteiger partial charge in [-0.1, -0.05) is 13.0 Å². The minimum absolute atomic E-state index is 0. The van der Waals surface area contributed by atoms with E-state index in [1.807, 2.05) is 45.9 Å². The first-order valence-corrected chi connectivity index (χ1v) is 10.5. The Balaban J connectivity index is 0.00000420. The van der Waals surface area contributed by atoms with Crippen LogP contribution in [-0.4, -0.2) is 55.2 Å². The molecule has 6 nitrogen and oxygen atoms in total. The molecule has 0 bridgehead atoms. The minimum Gasteiger partial charge on any atom is -0.490 e. The molecule has 1 saturated heterocycles. The third kappa shape index (κ3) is 9.73. The molecule has 1 atom stereocenters. The SMILES string of the molecule is CCOc1cc(CNCC2CCCN2CC)ccc1OCC(=O)NC(C)(C)C.Cl.Cl. The topological polar surface area (TPSA) is 62.8 Å². The zero-order valence-electron chi connectivity index (χ0n) is 19.0. The fourth-order valence-corrected chi connectivity index (χ4v) is 3.57. The van der Waals surface area contributed by atoms with E-state index in [0.29, 0.717) is 24.1 Å². The number of amides is 1. The van der Waals surface area contributed by atoms with Crippen molar-refractivity contribution in [3.63, 3.8) is 0 Å². The molecule has 30 heavy (non-hydrogen) atoms. The number of hydrogen-bond donors (Lipinski definition) is 2. The fourth-order valence-electron chi connectivity index (χ4n) is 3.57. The van der Waals surface area contributed by atoms with Crippen LogP contribution in [0, 0.1) is 0 Å². The molecule has 1 aromatic rings. The molecule has 1 aliphatic rings. The summed E-state index contributed by atoms with van der Waals surface area (Å²) in [6.45, 7) is 14.7. The molecule has 0 saturated carbocycles. The predicted molar refractivity (Wildman–Crippen MR) is 127 cm³/mol. The van der Waals surface area contributed by atoms with Gasteiger partial charge in [-0.2, -0.15) is 0 Å². The van der Waals surface area contributed by atoms with E-state index in [0.717, 1.165) is 25.2 Å². The number of likely N-dealkylation sites (tertiary alicyclic amines) is 1. The van der Waals surface area contributed by atoms with E-state index >= 15 is 0 Å². The normalized spacial score (nSPS) is 16.4. The van der Waals surface area contributed by atoms with Gasteiger partial charge in [0.05, 0.1) is 6.61 Å². The molecule has 0 aliphatic carbocycles. The molecule has 0 spiro atoms. The largest absolute Gasteiger partial charge is 0.490 e. The Kier molecular flexibility index (Phi) is 13.4. The number of carbonyl (C=O) groups is 1. The van der Waals surface area contributed by atoms with Crippen LogP contribution in [0.15, 0.2) is 18.2 Å². The maximum Gasteiger partial charge on any atom is 0.258 e. The van der Waals surface area contributed by atoms with Gasteiger partial charge in [-0.15, -0.1) is 24.8 Å². The summed E-state index contributed by atoms with van der Waals surface area (Å²) in [5, 5.41) is 6.47. The molecule has 174 valence electrons. The fraction of sp³-hybridized carbons (Fsp3) is 0.682. The second-order valence-electron chi connectivity index (χ2n) is 8.36. The van der Waals surface area contributed by atoms with Crippen molar-refractivity contribution in [1.29, 1.82) is 0 Å². The standard InChI is InChI=1S/C22H37N3O3.2ClH/c1-6-25-12-8-9-18(25)15-23-14-17-10-11-19(20(13-17)27-7-2)28-16-21(26)24-22(3,4)5;;/h10-11,13,18,23H,6-9,12,14-16H2,1-5H3,(H,24,26);2*1H. The van der Waals surface area contributed by atoms with Crippen molar-refractivity contribution in [1.82, 2.24) is 15.5 Å². The maximum atomic E-state index is 12.0. The Morgan fingerprint density at radius 3 is 2.53 bits per heavy atom. The molecule has 1 fully saturated rings. The van der Waals surface area contributed by atoms with Crippen LogP contribution in [-0.2, 0) is 11.3 Å². The summed E-state index contributed by atoms with van der Waals surface area (Å²) in [5.41, 5.74) is 0.877. The zero-order chi connectivity index (χ0) is 20.6. The van der Waals surface area contributed by atoms with Gasteiger partial charge in [-0.25, -0.2) is 0 Å². The highest BCUT2D eigenvalue weighted by atomic mass is 35.5. The van der Waals surface area contributed by atoms with Gasteiger partial charge in [0, 0.05) is 24.7 Å². The zero-order valence-corrected chi connectivity index (χ0v) is 20.6. The minimum atomic E-state index is -0.272. The van der Waals surface area contributed by atoms with Crippen molar-refractivity contribution < 1.29 is 14.3 Å². The Morgan fingerprint density at radius 1 is 1.17 bits per heavy atom. The number of rotatable bonds is 10. The van der Waals surface area contributed by atoms with E-state index < -0.39 is 0 Å². The summed E-state index contributed by atoms with van der Waals surface area (Å²) < 4.78 is 11.4. The van der Waals surface area contributed by atoms with E-state index in [1.165, 1.54) is 19.4 Å². The quantitative estimate of drug-likeness (QED) is 0.552. The lowest BCUT2D eigenvalue weighted by atomic mass is 10.1. The van der Waals surface area contributed by atoms with Crippen molar-refractivity contribution in [3.8, 4) is 11.5 Å². The molecule has 1 heterocycles. The van der Waals surface area contributed by atoms with Gasteiger partial charge in [0.1, 0.15) is 0 Å². The van der Waals surface area contributed by atoms with Crippen molar-refractivity contribution in [2.45, 2.75) is 65.6 Å². The molecule has 1 aliphatic heterocycles. The highest BCUT2D eigenvalue weighted by Crippen LogP contribution is 2.28. The van der Waals surface area contributed by atoms with Crippen LogP contribution in [0.25, 0.3) is 0 Å². The lowest BCUT2D eigenvalue weighted by Gasteiger charge is -2.23. The van der Waals surface area contributed by atoms with E-state index in [9.17, 15) is 4.79 Å². The summed E-state index contributed by atoms with van der Waals surface area (Å²) in [4.78, 5) is 14.5. The third-order valence-electron chi connectivity index (χ3n) is 4.80. The lowest BCUT2D eigenvalue weighted by molar-refractivity contribution is -0.124. The number of carbonyl (C=O) groups excluding carboxylic acids is 1. The van der Waals surface area contributed by atoms with Gasteiger partial charge in [0.25, 0.3) is 5.91 Å². The molecule has 1 unspecified atom stereocenters. The second-order valence-corrected chi connectivity index (χ2v) is 8.36. The first-order valence-electron chi connectivity index (χ1n) is 10.5. The highest BCUT2D eigenvalue weighted by Gasteiger charge is 2.22. The summed E-state index contributed by atoms with van der Waals surface area (Å²) in [5.74, 6) is 1.14. The number of nitrogens with one attached hydrogen (secondary N) is 2. The highest BCUT2D eigenvalue weighted by molar-refractivity contribution is 5.85. The van der Waals surface area contributed by atoms with Gasteiger partial charge in [0.15, 0.2) is 18.1 Å². The van der Waals surface area contributed by atoms with Crippen molar-refractivity contribution in [2.75, 3.05) is 32.8 Å². The average Bonchev–Trinajstić information content (AvgIpc) is 3.07. The van der Waals surface area contributed by atoms with Crippen molar-refractivity contribution in [2.24, 2.45) is 0 Å². The molecule has 0 aromatic heterocycles. The van der Waals surface area contributed by atoms with Crippen LogP contribution in [0.1, 0.15) is 53.0 Å². The number of hydrogen-bond acceptors (Lipinski definition) is 5. The van der Waals surface area contributed by atoms with Crippen LogP contribution < -0.4 is 20.1 Å². The molecular formula is C22H39Cl2N3O3. The second kappa shape index (κ2) is 14.0. The summed E-state index contributed by atoms with van der Waals surface area (Å²) in [7, 11) is 0. The van der Waals surface area contributed by atoms with Crippen LogP contribution in [0.4, 0.5) is 0 Å². The van der Waals surface area contributed by atoms with Gasteiger partial charge in [0.2, 0.25) is 0 Å². The number of benzene rings is 1.